The molecule has 1 aromatic carbocycles. The molecule has 0 aliphatic carbocycles. The number of fused-ring (bicyclic) bond motifs is 2. The van der Waals surface area contributed by atoms with Gasteiger partial charge in [-0.05, 0) is 42.8 Å². The van der Waals surface area contributed by atoms with Crippen LogP contribution in [-0.2, 0) is 11.3 Å². The van der Waals surface area contributed by atoms with Crippen molar-refractivity contribution in [3.63, 3.8) is 0 Å². The highest BCUT2D eigenvalue weighted by Gasteiger charge is 2.19. The van der Waals surface area contributed by atoms with E-state index in [0.717, 1.165) is 33.1 Å². The number of aromatic nitrogens is 3. The number of halogens is 1. The van der Waals surface area contributed by atoms with Crippen LogP contribution in [0.25, 0.3) is 33.1 Å². The molecule has 0 aliphatic rings. The molecule has 0 spiro atoms. The number of aliphatic carboxylic acids is 1. The first kappa shape index (κ1) is 15.6. The van der Waals surface area contributed by atoms with Crippen LogP contribution in [0.15, 0.2) is 48.8 Å². The number of rotatable bonds is 3. The summed E-state index contributed by atoms with van der Waals surface area (Å²) in [5.41, 5.74) is 4.28. The largest absolute Gasteiger partial charge is 0.480 e. The number of nitrogens with zero attached hydrogens (tertiary/aromatic N) is 3. The van der Waals surface area contributed by atoms with Gasteiger partial charge in [0.05, 0.1) is 5.52 Å². The number of hydrogen-bond donors (Lipinski definition) is 1. The van der Waals surface area contributed by atoms with E-state index in [2.05, 4.69) is 9.97 Å². The molecule has 0 saturated heterocycles. The van der Waals surface area contributed by atoms with Gasteiger partial charge in [0.2, 0.25) is 0 Å². The third kappa shape index (κ3) is 2.53. The molecule has 4 rings (SSSR count). The number of benzene rings is 1. The molecule has 4 aromatic rings. The van der Waals surface area contributed by atoms with Gasteiger partial charge in [0.25, 0.3) is 0 Å². The Morgan fingerprint density at radius 3 is 2.80 bits per heavy atom. The molecule has 0 aliphatic heterocycles. The molecule has 25 heavy (non-hydrogen) atoms. The van der Waals surface area contributed by atoms with Gasteiger partial charge in [-0.15, -0.1) is 0 Å². The molecule has 1 N–H and O–H groups in total. The third-order valence-electron chi connectivity index (χ3n) is 4.35. The van der Waals surface area contributed by atoms with Crippen molar-refractivity contribution in [2.45, 2.75) is 13.5 Å². The van der Waals surface area contributed by atoms with E-state index in [4.69, 9.17) is 11.6 Å². The summed E-state index contributed by atoms with van der Waals surface area (Å²) in [7, 11) is 0. The molecule has 6 heteroatoms. The van der Waals surface area contributed by atoms with Gasteiger partial charge >= 0.3 is 5.97 Å². The Bertz CT molecular complexity index is 1130. The molecular weight excluding hydrogens is 338 g/mol. The summed E-state index contributed by atoms with van der Waals surface area (Å²) in [6, 6.07) is 11.4. The molecule has 3 aromatic heterocycles. The standard InChI is InChI=1S/C19H14ClN3O2/c1-11-18(14-6-8-21-16-9-12(20)4-5-13(14)16)15-3-2-7-22-19(15)23(11)10-17(24)25/h2-9H,10H2,1H3,(H,24,25). The number of carbonyl (C=O) groups is 1. The molecule has 0 radical (unpaired) electrons. The van der Waals surface area contributed by atoms with Gasteiger partial charge in [0.15, 0.2) is 0 Å². The summed E-state index contributed by atoms with van der Waals surface area (Å²) in [5.74, 6) is -0.899. The Morgan fingerprint density at radius 2 is 2.00 bits per heavy atom. The van der Waals surface area contributed by atoms with E-state index in [1.807, 2.05) is 43.3 Å². The Hall–Kier alpha value is -2.92. The van der Waals surface area contributed by atoms with Crippen LogP contribution in [0.4, 0.5) is 0 Å². The maximum absolute atomic E-state index is 11.3. The molecule has 0 unspecified atom stereocenters. The van der Waals surface area contributed by atoms with Crippen molar-refractivity contribution < 1.29 is 9.90 Å². The maximum Gasteiger partial charge on any atom is 0.323 e. The van der Waals surface area contributed by atoms with Crippen LogP contribution in [-0.4, -0.2) is 25.6 Å². The molecule has 0 atom stereocenters. The van der Waals surface area contributed by atoms with Crippen molar-refractivity contribution >= 4 is 39.5 Å². The second-order valence-electron chi connectivity index (χ2n) is 5.83. The number of carboxylic acid groups (broad SMARTS) is 1. The first-order chi connectivity index (χ1) is 12.1. The fraction of sp³-hybridized carbons (Fsp3) is 0.105. The van der Waals surface area contributed by atoms with Gasteiger partial charge in [-0.2, -0.15) is 0 Å². The van der Waals surface area contributed by atoms with Crippen molar-refractivity contribution in [3.05, 3.63) is 59.5 Å². The lowest BCUT2D eigenvalue weighted by atomic mass is 9.99. The molecule has 0 amide bonds. The summed E-state index contributed by atoms with van der Waals surface area (Å²) >= 11 is 6.09. The normalized spacial score (nSPS) is 11.3. The predicted molar refractivity (Wildman–Crippen MR) is 97.9 cm³/mol. The van der Waals surface area contributed by atoms with Crippen LogP contribution in [0.2, 0.25) is 5.02 Å². The summed E-state index contributed by atoms with van der Waals surface area (Å²) < 4.78 is 1.73. The van der Waals surface area contributed by atoms with E-state index < -0.39 is 5.97 Å². The van der Waals surface area contributed by atoms with Crippen molar-refractivity contribution in [2.24, 2.45) is 0 Å². The molecule has 0 saturated carbocycles. The quantitative estimate of drug-likeness (QED) is 0.597. The highest BCUT2D eigenvalue weighted by atomic mass is 35.5. The van der Waals surface area contributed by atoms with Gasteiger partial charge in [-0.25, -0.2) is 4.98 Å². The van der Waals surface area contributed by atoms with Crippen molar-refractivity contribution in [3.8, 4) is 11.1 Å². The maximum atomic E-state index is 11.3. The van der Waals surface area contributed by atoms with E-state index in [1.165, 1.54) is 0 Å². The van der Waals surface area contributed by atoms with Crippen LogP contribution >= 0.6 is 11.6 Å². The van der Waals surface area contributed by atoms with Crippen molar-refractivity contribution in [2.75, 3.05) is 0 Å². The minimum absolute atomic E-state index is 0.131. The number of pyridine rings is 2. The molecule has 3 heterocycles. The fourth-order valence-electron chi connectivity index (χ4n) is 3.30. The Balaban J connectivity index is 2.09. The smallest absolute Gasteiger partial charge is 0.323 e. The highest BCUT2D eigenvalue weighted by molar-refractivity contribution is 6.31. The number of carboxylic acids is 1. The second kappa shape index (κ2) is 5.86. The SMILES string of the molecule is Cc1c(-c2ccnc3cc(Cl)ccc23)c2cccnc2n1CC(=O)O. The van der Waals surface area contributed by atoms with E-state index in [1.54, 1.807) is 17.0 Å². The zero-order valence-corrected chi connectivity index (χ0v) is 14.2. The van der Waals surface area contributed by atoms with E-state index in [0.29, 0.717) is 10.7 Å². The fourth-order valence-corrected chi connectivity index (χ4v) is 3.47. The van der Waals surface area contributed by atoms with Crippen LogP contribution in [0.1, 0.15) is 5.69 Å². The lowest BCUT2D eigenvalue weighted by Crippen LogP contribution is -2.10. The highest BCUT2D eigenvalue weighted by Crippen LogP contribution is 2.37. The van der Waals surface area contributed by atoms with Gasteiger partial charge < -0.3 is 9.67 Å². The van der Waals surface area contributed by atoms with Crippen molar-refractivity contribution in [1.82, 2.24) is 14.5 Å². The minimum atomic E-state index is -0.899. The zero-order valence-electron chi connectivity index (χ0n) is 13.4. The Kier molecular flexibility index (Phi) is 3.66. The van der Waals surface area contributed by atoms with Gasteiger partial charge in [-0.3, -0.25) is 9.78 Å². The summed E-state index contributed by atoms with van der Waals surface area (Å²) in [6.07, 6.45) is 3.42. The second-order valence-corrected chi connectivity index (χ2v) is 6.27. The van der Waals surface area contributed by atoms with Gasteiger partial charge in [0, 0.05) is 39.4 Å². The van der Waals surface area contributed by atoms with Gasteiger partial charge in [-0.1, -0.05) is 17.7 Å². The lowest BCUT2D eigenvalue weighted by Gasteiger charge is -2.08. The molecule has 0 bridgehead atoms. The molecular formula is C19H14ClN3O2. The van der Waals surface area contributed by atoms with Crippen LogP contribution in [0.5, 0.6) is 0 Å². The third-order valence-corrected chi connectivity index (χ3v) is 4.58. The van der Waals surface area contributed by atoms with Crippen LogP contribution in [0.3, 0.4) is 0 Å². The average Bonchev–Trinajstić information content (AvgIpc) is 2.86. The monoisotopic (exact) mass is 351 g/mol. The molecule has 124 valence electrons. The average molecular weight is 352 g/mol. The number of hydrogen-bond acceptors (Lipinski definition) is 3. The van der Waals surface area contributed by atoms with E-state index in [-0.39, 0.29) is 6.54 Å². The first-order valence-corrected chi connectivity index (χ1v) is 8.14. The Labute approximate surface area is 148 Å². The van der Waals surface area contributed by atoms with E-state index in [9.17, 15) is 9.90 Å². The zero-order chi connectivity index (χ0) is 17.6. The van der Waals surface area contributed by atoms with Crippen molar-refractivity contribution in [1.29, 1.82) is 0 Å². The Morgan fingerprint density at radius 1 is 1.16 bits per heavy atom. The topological polar surface area (TPSA) is 68.0 Å². The minimum Gasteiger partial charge on any atom is -0.480 e. The predicted octanol–water partition coefficient (Wildman–Crippen LogP) is 4.30. The van der Waals surface area contributed by atoms with Crippen LogP contribution < -0.4 is 0 Å². The van der Waals surface area contributed by atoms with E-state index >= 15 is 0 Å². The summed E-state index contributed by atoms with van der Waals surface area (Å²) in [5, 5.41) is 11.8. The molecule has 5 nitrogen and oxygen atoms in total. The summed E-state index contributed by atoms with van der Waals surface area (Å²) in [4.78, 5) is 20.1. The summed E-state index contributed by atoms with van der Waals surface area (Å²) in [6.45, 7) is 1.79. The van der Waals surface area contributed by atoms with Gasteiger partial charge in [0.1, 0.15) is 12.2 Å². The van der Waals surface area contributed by atoms with Crippen LogP contribution in [0, 0.1) is 6.92 Å². The molecule has 0 fully saturated rings. The first-order valence-electron chi connectivity index (χ1n) is 7.76. The lowest BCUT2D eigenvalue weighted by molar-refractivity contribution is -0.137.